The van der Waals surface area contributed by atoms with E-state index in [2.05, 4.69) is 0 Å². The Morgan fingerprint density at radius 3 is 2.33 bits per heavy atom. The summed E-state index contributed by atoms with van der Waals surface area (Å²) in [6.07, 6.45) is 0. The molecule has 0 fully saturated rings. The standard InChI is InChI=1S/C11H14F2N2O5S/c1-7-3-9(15(17)18)10(4-8(7)2)21(19,20)14-5-11(12,13)6-16/h3-4,14,16H,5-6H2,1-2H3. The number of benzene rings is 1. The fraction of sp³-hybridized carbons (Fsp3) is 0.455. The van der Waals surface area contributed by atoms with E-state index in [-0.39, 0.29) is 0 Å². The molecule has 0 spiro atoms. The van der Waals surface area contributed by atoms with Crippen molar-refractivity contribution in [3.8, 4) is 0 Å². The predicted molar refractivity (Wildman–Crippen MR) is 69.8 cm³/mol. The van der Waals surface area contributed by atoms with Gasteiger partial charge in [0.1, 0.15) is 6.61 Å². The molecule has 1 aromatic rings. The molecule has 0 amide bonds. The maximum atomic E-state index is 12.9. The third-order valence-electron chi connectivity index (χ3n) is 2.81. The van der Waals surface area contributed by atoms with Crippen LogP contribution in [0, 0.1) is 24.0 Å². The Hall–Kier alpha value is -1.65. The van der Waals surface area contributed by atoms with Crippen LogP contribution in [-0.2, 0) is 10.0 Å². The maximum Gasteiger partial charge on any atom is 0.289 e. The fourth-order valence-electron chi connectivity index (χ4n) is 1.47. The summed E-state index contributed by atoms with van der Waals surface area (Å²) in [5.41, 5.74) is 0.272. The van der Waals surface area contributed by atoms with Gasteiger partial charge in [0.25, 0.3) is 11.6 Å². The number of alkyl halides is 2. The quantitative estimate of drug-likeness (QED) is 0.602. The van der Waals surface area contributed by atoms with Gasteiger partial charge in [-0.25, -0.2) is 21.9 Å². The van der Waals surface area contributed by atoms with E-state index < -0.39 is 44.6 Å². The average molecular weight is 324 g/mol. The molecule has 118 valence electrons. The van der Waals surface area contributed by atoms with E-state index in [0.29, 0.717) is 11.1 Å². The van der Waals surface area contributed by atoms with E-state index in [4.69, 9.17) is 5.11 Å². The molecule has 0 unspecified atom stereocenters. The van der Waals surface area contributed by atoms with E-state index in [9.17, 15) is 27.3 Å². The first-order chi connectivity index (χ1) is 9.50. The molecule has 21 heavy (non-hydrogen) atoms. The topological polar surface area (TPSA) is 110 Å². The van der Waals surface area contributed by atoms with E-state index in [1.807, 2.05) is 0 Å². The average Bonchev–Trinajstić information content (AvgIpc) is 2.39. The third kappa shape index (κ3) is 4.16. The van der Waals surface area contributed by atoms with E-state index >= 15 is 0 Å². The molecule has 1 rings (SSSR count). The van der Waals surface area contributed by atoms with Gasteiger partial charge < -0.3 is 5.11 Å². The summed E-state index contributed by atoms with van der Waals surface area (Å²) in [4.78, 5) is 9.33. The van der Waals surface area contributed by atoms with Crippen LogP contribution in [0.1, 0.15) is 11.1 Å². The highest BCUT2D eigenvalue weighted by Gasteiger charge is 2.33. The normalized spacial score (nSPS) is 12.4. The number of hydrogen-bond donors (Lipinski definition) is 2. The third-order valence-corrected chi connectivity index (χ3v) is 4.24. The minimum atomic E-state index is -4.50. The van der Waals surface area contributed by atoms with Gasteiger partial charge in [-0.1, -0.05) is 0 Å². The largest absolute Gasteiger partial charge is 0.390 e. The van der Waals surface area contributed by atoms with Crippen molar-refractivity contribution in [3.05, 3.63) is 33.4 Å². The van der Waals surface area contributed by atoms with Gasteiger partial charge in [0.2, 0.25) is 10.0 Å². The SMILES string of the molecule is Cc1cc([N+](=O)[O-])c(S(=O)(=O)NCC(F)(F)CO)cc1C. The van der Waals surface area contributed by atoms with Gasteiger partial charge in [-0.15, -0.1) is 0 Å². The van der Waals surface area contributed by atoms with Crippen molar-refractivity contribution in [2.45, 2.75) is 24.7 Å². The van der Waals surface area contributed by atoms with Crippen molar-refractivity contribution >= 4 is 15.7 Å². The minimum Gasteiger partial charge on any atom is -0.390 e. The highest BCUT2D eigenvalue weighted by atomic mass is 32.2. The van der Waals surface area contributed by atoms with Crippen LogP contribution < -0.4 is 4.72 Å². The van der Waals surface area contributed by atoms with Crippen LogP contribution in [0.5, 0.6) is 0 Å². The van der Waals surface area contributed by atoms with Gasteiger partial charge in [-0.2, -0.15) is 0 Å². The molecule has 1 aromatic carbocycles. The van der Waals surface area contributed by atoms with E-state index in [0.717, 1.165) is 12.1 Å². The number of nitro benzene ring substituents is 1. The number of nitrogens with one attached hydrogen (secondary N) is 1. The predicted octanol–water partition coefficient (Wildman–Crippen LogP) is 1.12. The van der Waals surface area contributed by atoms with Gasteiger partial charge >= 0.3 is 0 Å². The molecule has 2 N–H and O–H groups in total. The lowest BCUT2D eigenvalue weighted by Crippen LogP contribution is -2.39. The number of hydrogen-bond acceptors (Lipinski definition) is 5. The summed E-state index contributed by atoms with van der Waals surface area (Å²) in [7, 11) is -4.50. The molecule has 0 aliphatic carbocycles. The van der Waals surface area contributed by atoms with Crippen molar-refractivity contribution in [1.82, 2.24) is 4.72 Å². The molecule has 0 bridgehead atoms. The van der Waals surface area contributed by atoms with Gasteiger partial charge in [-0.05, 0) is 31.0 Å². The second-order valence-electron chi connectivity index (χ2n) is 4.50. The lowest BCUT2D eigenvalue weighted by Gasteiger charge is -2.14. The number of nitrogens with zero attached hydrogens (tertiary/aromatic N) is 1. The molecular weight excluding hydrogens is 310 g/mol. The summed E-state index contributed by atoms with van der Waals surface area (Å²) in [5, 5.41) is 19.3. The van der Waals surface area contributed by atoms with E-state index in [1.54, 1.807) is 18.6 Å². The Labute approximate surface area is 119 Å². The second-order valence-corrected chi connectivity index (χ2v) is 6.24. The molecule has 10 heteroatoms. The number of rotatable bonds is 6. The fourth-order valence-corrected chi connectivity index (χ4v) is 2.76. The number of aryl methyl sites for hydroxylation is 2. The zero-order valence-electron chi connectivity index (χ0n) is 11.3. The summed E-state index contributed by atoms with van der Waals surface area (Å²) < 4.78 is 51.3. The maximum absolute atomic E-state index is 12.9. The zero-order valence-corrected chi connectivity index (χ0v) is 12.1. The van der Waals surface area contributed by atoms with Crippen molar-refractivity contribution in [3.63, 3.8) is 0 Å². The number of sulfonamides is 1. The van der Waals surface area contributed by atoms with Crippen molar-refractivity contribution in [2.75, 3.05) is 13.2 Å². The Bertz CT molecular complexity index is 661. The highest BCUT2D eigenvalue weighted by molar-refractivity contribution is 7.89. The van der Waals surface area contributed by atoms with Crippen LogP contribution in [0.15, 0.2) is 17.0 Å². The van der Waals surface area contributed by atoms with Crippen LogP contribution in [0.4, 0.5) is 14.5 Å². The number of nitro groups is 1. The monoisotopic (exact) mass is 324 g/mol. The molecule has 0 saturated heterocycles. The van der Waals surface area contributed by atoms with Gasteiger partial charge in [0, 0.05) is 6.07 Å². The number of aliphatic hydroxyl groups excluding tert-OH is 1. The Morgan fingerprint density at radius 2 is 1.86 bits per heavy atom. The molecule has 0 heterocycles. The van der Waals surface area contributed by atoms with Gasteiger partial charge in [-0.3, -0.25) is 10.1 Å². The lowest BCUT2D eigenvalue weighted by atomic mass is 10.1. The molecule has 0 saturated carbocycles. The van der Waals surface area contributed by atoms with Gasteiger partial charge in [0.05, 0.1) is 11.5 Å². The van der Waals surface area contributed by atoms with E-state index in [1.165, 1.54) is 0 Å². The molecule has 0 aliphatic rings. The molecule has 0 atom stereocenters. The Balaban J connectivity index is 3.25. The second kappa shape index (κ2) is 6.00. The first kappa shape index (κ1) is 17.4. The number of halogens is 2. The Kier molecular flexibility index (Phi) is 4.97. The molecule has 0 aromatic heterocycles. The highest BCUT2D eigenvalue weighted by Crippen LogP contribution is 2.27. The summed E-state index contributed by atoms with van der Waals surface area (Å²) in [5.74, 6) is -3.65. The van der Waals surface area contributed by atoms with Crippen LogP contribution >= 0.6 is 0 Å². The molecule has 0 aliphatic heterocycles. The Morgan fingerprint density at radius 1 is 1.33 bits per heavy atom. The van der Waals surface area contributed by atoms with Crippen molar-refractivity contribution in [1.29, 1.82) is 0 Å². The van der Waals surface area contributed by atoms with Crippen molar-refractivity contribution in [2.24, 2.45) is 0 Å². The minimum absolute atomic E-state index is 0.467. The molecular formula is C11H14F2N2O5S. The zero-order chi connectivity index (χ0) is 16.4. The summed E-state index contributed by atoms with van der Waals surface area (Å²) >= 11 is 0. The molecule has 0 radical (unpaired) electrons. The lowest BCUT2D eigenvalue weighted by molar-refractivity contribution is -0.387. The summed E-state index contributed by atoms with van der Waals surface area (Å²) in [6, 6.07) is 2.11. The smallest absolute Gasteiger partial charge is 0.289 e. The van der Waals surface area contributed by atoms with Gasteiger partial charge in [0.15, 0.2) is 4.90 Å². The van der Waals surface area contributed by atoms with Crippen LogP contribution in [0.3, 0.4) is 0 Å². The first-order valence-electron chi connectivity index (χ1n) is 5.74. The summed E-state index contributed by atoms with van der Waals surface area (Å²) in [6.45, 7) is 0.215. The number of aliphatic hydroxyl groups is 1. The van der Waals surface area contributed by atoms with Crippen molar-refractivity contribution < 1.29 is 27.2 Å². The van der Waals surface area contributed by atoms with Crippen LogP contribution in [0.25, 0.3) is 0 Å². The molecule has 7 nitrogen and oxygen atoms in total. The van der Waals surface area contributed by atoms with Crippen LogP contribution in [0.2, 0.25) is 0 Å². The van der Waals surface area contributed by atoms with Crippen LogP contribution in [-0.4, -0.2) is 37.5 Å². The first-order valence-corrected chi connectivity index (χ1v) is 7.22.